The fourth-order valence-electron chi connectivity index (χ4n) is 0.547. The zero-order chi connectivity index (χ0) is 7.72. The highest BCUT2D eigenvalue weighted by Gasteiger charge is 2.26. The van der Waals surface area contributed by atoms with Gasteiger partial charge in [-0.05, 0) is 0 Å². The highest BCUT2D eigenvalue weighted by Crippen LogP contribution is 2.39. The van der Waals surface area contributed by atoms with Crippen molar-refractivity contribution in [3.05, 3.63) is 10.1 Å². The van der Waals surface area contributed by atoms with E-state index in [4.69, 9.17) is 28.5 Å². The van der Waals surface area contributed by atoms with Gasteiger partial charge in [0.15, 0.2) is 4.83 Å². The number of allylic oxidation sites excluding steroid dienone is 1. The number of rotatable bonds is 0. The van der Waals surface area contributed by atoms with Crippen LogP contribution in [0.25, 0.3) is 0 Å². The number of hydrogen-bond acceptors (Lipinski definition) is 3. The van der Waals surface area contributed by atoms with E-state index in [1.165, 1.54) is 11.8 Å². The summed E-state index contributed by atoms with van der Waals surface area (Å²) < 4.78 is 0. The Labute approximate surface area is 73.4 Å². The van der Waals surface area contributed by atoms with Crippen molar-refractivity contribution in [3.8, 4) is 6.07 Å². The van der Waals surface area contributed by atoms with Crippen molar-refractivity contribution >= 4 is 35.0 Å². The van der Waals surface area contributed by atoms with Crippen LogP contribution in [0.3, 0.4) is 0 Å². The van der Waals surface area contributed by atoms with Crippen molar-refractivity contribution in [1.29, 1.82) is 5.26 Å². The molecule has 2 nitrogen and oxygen atoms in total. The maximum atomic E-state index is 8.47. The molecule has 0 saturated carbocycles. The van der Waals surface area contributed by atoms with Gasteiger partial charge in [-0.15, -0.1) is 0 Å². The van der Waals surface area contributed by atoms with Crippen LogP contribution in [-0.4, -0.2) is 16.8 Å². The lowest BCUT2D eigenvalue weighted by Gasteiger charge is -2.13. The van der Waals surface area contributed by atoms with Crippen molar-refractivity contribution in [2.45, 2.75) is 4.83 Å². The molecule has 0 aromatic carbocycles. The van der Waals surface area contributed by atoms with Crippen LogP contribution < -0.4 is 0 Å². The van der Waals surface area contributed by atoms with Crippen molar-refractivity contribution in [3.63, 3.8) is 0 Å². The van der Waals surface area contributed by atoms with E-state index in [0.717, 1.165) is 0 Å². The molecule has 0 spiro atoms. The van der Waals surface area contributed by atoms with E-state index < -0.39 is 0 Å². The first-order valence-corrected chi connectivity index (χ1v) is 4.19. The highest BCUT2D eigenvalue weighted by molar-refractivity contribution is 8.05. The Morgan fingerprint density at radius 2 is 2.40 bits per heavy atom. The minimum absolute atomic E-state index is 0.234. The Kier molecular flexibility index (Phi) is 2.35. The Bertz CT molecular complexity index is 220. The minimum atomic E-state index is -0.234. The average molecular weight is 195 g/mol. The molecule has 0 bridgehead atoms. The lowest BCUT2D eigenvalue weighted by atomic mass is 10.6. The summed E-state index contributed by atoms with van der Waals surface area (Å²) >= 11 is 12.7. The van der Waals surface area contributed by atoms with Gasteiger partial charge in [-0.2, -0.15) is 5.26 Å². The number of nitrogens with zero attached hydrogens (tertiary/aromatic N) is 2. The van der Waals surface area contributed by atoms with Gasteiger partial charge in [0.2, 0.25) is 0 Å². The summed E-state index contributed by atoms with van der Waals surface area (Å²) in [5.41, 5.74) is 0. The zero-order valence-electron chi connectivity index (χ0n) is 5.14. The largest absolute Gasteiger partial charge is 0.339 e. The number of thioether (sulfide) groups is 1. The monoisotopic (exact) mass is 194 g/mol. The molecule has 1 aliphatic heterocycles. The van der Waals surface area contributed by atoms with Crippen molar-refractivity contribution in [2.24, 2.45) is 0 Å². The summed E-state index contributed by atoms with van der Waals surface area (Å²) in [6.45, 7) is 0. The zero-order valence-corrected chi connectivity index (χ0v) is 7.46. The molecule has 0 saturated heterocycles. The van der Waals surface area contributed by atoms with Crippen LogP contribution in [0, 0.1) is 11.3 Å². The number of nitriles is 1. The Balaban J connectivity index is 2.86. The van der Waals surface area contributed by atoms with Crippen LogP contribution in [0.5, 0.6) is 0 Å². The van der Waals surface area contributed by atoms with Crippen molar-refractivity contribution < 1.29 is 0 Å². The molecule has 0 aromatic heterocycles. The number of alkyl halides is 1. The van der Waals surface area contributed by atoms with Gasteiger partial charge in [-0.1, -0.05) is 35.0 Å². The van der Waals surface area contributed by atoms with Gasteiger partial charge in [-0.3, -0.25) is 0 Å². The third-order valence-corrected chi connectivity index (χ3v) is 3.28. The SMILES string of the molecule is CN1C(Cl)=C(C#N)SC1Cl. The fourth-order valence-corrected chi connectivity index (χ4v) is 2.04. The average Bonchev–Trinajstić information content (AvgIpc) is 2.17. The van der Waals surface area contributed by atoms with Crippen LogP contribution in [0.1, 0.15) is 0 Å². The van der Waals surface area contributed by atoms with E-state index in [1.807, 2.05) is 6.07 Å². The van der Waals surface area contributed by atoms with Gasteiger partial charge in [0.05, 0.1) is 0 Å². The second-order valence-corrected chi connectivity index (χ2v) is 3.87. The topological polar surface area (TPSA) is 27.0 Å². The van der Waals surface area contributed by atoms with E-state index in [9.17, 15) is 0 Å². The van der Waals surface area contributed by atoms with Gasteiger partial charge >= 0.3 is 0 Å². The molecular formula is C5H4Cl2N2S. The molecule has 54 valence electrons. The van der Waals surface area contributed by atoms with Crippen LogP contribution in [0.2, 0.25) is 0 Å². The van der Waals surface area contributed by atoms with Gasteiger partial charge in [0.1, 0.15) is 16.1 Å². The predicted molar refractivity (Wildman–Crippen MR) is 43.5 cm³/mol. The predicted octanol–water partition coefficient (Wildman–Crippen LogP) is 2.12. The summed E-state index contributed by atoms with van der Waals surface area (Å²) in [4.78, 5) is 1.90. The molecule has 1 aliphatic rings. The molecule has 1 heterocycles. The fraction of sp³-hybridized carbons (Fsp3) is 0.400. The second kappa shape index (κ2) is 2.91. The molecule has 10 heavy (non-hydrogen) atoms. The van der Waals surface area contributed by atoms with Crippen molar-refractivity contribution in [1.82, 2.24) is 4.90 Å². The van der Waals surface area contributed by atoms with E-state index in [1.54, 1.807) is 11.9 Å². The Morgan fingerprint density at radius 1 is 1.80 bits per heavy atom. The molecular weight excluding hydrogens is 191 g/mol. The normalized spacial score (nSPS) is 25.4. The summed E-state index contributed by atoms with van der Waals surface area (Å²) in [5.74, 6) is 0. The Hall–Kier alpha value is -0.0400. The molecule has 1 unspecified atom stereocenters. The smallest absolute Gasteiger partial charge is 0.156 e. The van der Waals surface area contributed by atoms with Gasteiger partial charge < -0.3 is 4.90 Å². The second-order valence-electron chi connectivity index (χ2n) is 1.75. The maximum absolute atomic E-state index is 8.47. The first-order valence-electron chi connectivity index (χ1n) is 2.50. The molecule has 0 amide bonds. The van der Waals surface area contributed by atoms with E-state index in [0.29, 0.717) is 10.1 Å². The van der Waals surface area contributed by atoms with Crippen molar-refractivity contribution in [2.75, 3.05) is 7.05 Å². The maximum Gasteiger partial charge on any atom is 0.156 e. The van der Waals surface area contributed by atoms with Gasteiger partial charge in [-0.25, -0.2) is 0 Å². The molecule has 0 aromatic rings. The lowest BCUT2D eigenvalue weighted by molar-refractivity contribution is 0.502. The summed E-state index contributed by atoms with van der Waals surface area (Å²) in [7, 11) is 1.75. The highest BCUT2D eigenvalue weighted by atomic mass is 35.5. The van der Waals surface area contributed by atoms with Crippen LogP contribution in [0.4, 0.5) is 0 Å². The van der Waals surface area contributed by atoms with Gasteiger partial charge in [0, 0.05) is 7.05 Å². The Morgan fingerprint density at radius 3 is 2.60 bits per heavy atom. The van der Waals surface area contributed by atoms with E-state index >= 15 is 0 Å². The third-order valence-electron chi connectivity index (χ3n) is 1.12. The first kappa shape index (κ1) is 8.06. The lowest BCUT2D eigenvalue weighted by Crippen LogP contribution is -2.15. The summed E-state index contributed by atoms with van der Waals surface area (Å²) in [6.07, 6.45) is 0. The van der Waals surface area contributed by atoms with E-state index in [2.05, 4.69) is 0 Å². The molecule has 5 heteroatoms. The van der Waals surface area contributed by atoms with Crippen LogP contribution >= 0.6 is 35.0 Å². The molecule has 1 atom stereocenters. The van der Waals surface area contributed by atoms with Gasteiger partial charge in [0.25, 0.3) is 0 Å². The van der Waals surface area contributed by atoms with E-state index in [-0.39, 0.29) is 4.83 Å². The first-order chi connectivity index (χ1) is 4.66. The molecule has 0 fully saturated rings. The summed E-state index contributed by atoms with van der Waals surface area (Å²) in [5, 5.41) is 8.91. The quantitative estimate of drug-likeness (QED) is 0.437. The summed E-state index contributed by atoms with van der Waals surface area (Å²) in [6, 6.07) is 1.96. The number of hydrogen-bond donors (Lipinski definition) is 0. The minimum Gasteiger partial charge on any atom is -0.339 e. The molecule has 0 N–H and O–H groups in total. The molecule has 0 radical (unpaired) electrons. The molecule has 1 rings (SSSR count). The standard InChI is InChI=1S/C5H4Cl2N2S/c1-9-4(6)3(2-8)10-5(9)7/h5H,1H3. The molecule has 0 aliphatic carbocycles. The van der Waals surface area contributed by atoms with Crippen LogP contribution in [-0.2, 0) is 0 Å². The van der Waals surface area contributed by atoms with Crippen LogP contribution in [0.15, 0.2) is 10.1 Å². The number of halogens is 2. The third kappa shape index (κ3) is 1.20.